The van der Waals surface area contributed by atoms with Gasteiger partial charge in [0, 0.05) is 5.56 Å². The van der Waals surface area contributed by atoms with Gasteiger partial charge in [-0.1, -0.05) is 24.8 Å². The van der Waals surface area contributed by atoms with Gasteiger partial charge in [0.25, 0.3) is 11.7 Å². The zero-order valence-electron chi connectivity index (χ0n) is 18.8. The summed E-state index contributed by atoms with van der Waals surface area (Å²) in [6.07, 6.45) is 3.14. The van der Waals surface area contributed by atoms with Crippen LogP contribution in [0.5, 0.6) is 11.5 Å². The molecule has 2 heterocycles. The number of hydrogen-bond donors (Lipinski definition) is 1. The van der Waals surface area contributed by atoms with Gasteiger partial charge in [-0.2, -0.15) is 0 Å². The standard InChI is InChI=1S/C27H25NO6/c1-3-15-33-21-13-9-19(10-14-21)25(29)23-24(18-7-11-20(12-8-18)32-4-2)28(27(31)26(23)30)17-22-6-5-16-34-22/h3,5-14,16,24,29H,1,4,15,17H2,2H3/t24-/m0/s1. The van der Waals surface area contributed by atoms with Crippen LogP contribution < -0.4 is 9.47 Å². The minimum absolute atomic E-state index is 0.0143. The summed E-state index contributed by atoms with van der Waals surface area (Å²) in [6, 6.07) is 16.4. The first-order valence-corrected chi connectivity index (χ1v) is 10.9. The lowest BCUT2D eigenvalue weighted by molar-refractivity contribution is -0.140. The van der Waals surface area contributed by atoms with Crippen LogP contribution in [-0.2, 0) is 16.1 Å². The summed E-state index contributed by atoms with van der Waals surface area (Å²) in [5, 5.41) is 11.2. The lowest BCUT2D eigenvalue weighted by Gasteiger charge is -2.24. The molecule has 1 N–H and O–H groups in total. The average Bonchev–Trinajstić information content (AvgIpc) is 3.46. The summed E-state index contributed by atoms with van der Waals surface area (Å²) >= 11 is 0. The van der Waals surface area contributed by atoms with Crippen molar-refractivity contribution in [2.24, 2.45) is 0 Å². The maximum atomic E-state index is 13.1. The minimum atomic E-state index is -0.794. The Kier molecular flexibility index (Phi) is 6.82. The molecule has 3 aromatic rings. The average molecular weight is 459 g/mol. The summed E-state index contributed by atoms with van der Waals surface area (Å²) < 4.78 is 16.4. The molecule has 0 saturated carbocycles. The van der Waals surface area contributed by atoms with Gasteiger partial charge in [-0.25, -0.2) is 0 Å². The second-order valence-corrected chi connectivity index (χ2v) is 7.63. The molecule has 34 heavy (non-hydrogen) atoms. The van der Waals surface area contributed by atoms with E-state index in [-0.39, 0.29) is 17.9 Å². The monoisotopic (exact) mass is 459 g/mol. The predicted octanol–water partition coefficient (Wildman–Crippen LogP) is 4.87. The van der Waals surface area contributed by atoms with Gasteiger partial charge in [-0.3, -0.25) is 9.59 Å². The van der Waals surface area contributed by atoms with E-state index in [1.807, 2.05) is 6.92 Å². The van der Waals surface area contributed by atoms with E-state index in [4.69, 9.17) is 13.9 Å². The molecule has 1 atom stereocenters. The molecule has 7 nitrogen and oxygen atoms in total. The summed E-state index contributed by atoms with van der Waals surface area (Å²) in [5.74, 6) is 0.0795. The molecule has 1 amide bonds. The second kappa shape index (κ2) is 10.1. The highest BCUT2D eigenvalue weighted by molar-refractivity contribution is 6.46. The number of benzene rings is 2. The molecule has 1 fully saturated rings. The molecule has 0 spiro atoms. The Morgan fingerprint density at radius 3 is 2.35 bits per heavy atom. The Hall–Kier alpha value is -4.26. The first-order valence-electron chi connectivity index (χ1n) is 10.9. The number of ketones is 1. The molecule has 0 radical (unpaired) electrons. The minimum Gasteiger partial charge on any atom is -0.507 e. The Labute approximate surface area is 197 Å². The van der Waals surface area contributed by atoms with Crippen LogP contribution in [0.15, 0.2) is 89.6 Å². The summed E-state index contributed by atoms with van der Waals surface area (Å²) in [7, 11) is 0. The van der Waals surface area contributed by atoms with Gasteiger partial charge in [0.05, 0.1) is 31.0 Å². The van der Waals surface area contributed by atoms with Crippen molar-refractivity contribution in [1.82, 2.24) is 4.90 Å². The largest absolute Gasteiger partial charge is 0.507 e. The summed E-state index contributed by atoms with van der Waals surface area (Å²) in [4.78, 5) is 27.6. The molecule has 7 heteroatoms. The fourth-order valence-corrected chi connectivity index (χ4v) is 3.89. The van der Waals surface area contributed by atoms with Crippen LogP contribution >= 0.6 is 0 Å². The number of ether oxygens (including phenoxy) is 2. The highest BCUT2D eigenvalue weighted by Gasteiger charge is 2.46. The zero-order valence-corrected chi connectivity index (χ0v) is 18.8. The van der Waals surface area contributed by atoms with Crippen molar-refractivity contribution in [3.8, 4) is 11.5 Å². The number of carbonyl (C=O) groups is 2. The molecule has 1 aromatic heterocycles. The third-order valence-electron chi connectivity index (χ3n) is 5.45. The maximum absolute atomic E-state index is 13.1. The van der Waals surface area contributed by atoms with Gasteiger partial charge in [0.15, 0.2) is 0 Å². The van der Waals surface area contributed by atoms with Crippen LogP contribution in [0.25, 0.3) is 5.76 Å². The van der Waals surface area contributed by atoms with Crippen molar-refractivity contribution in [1.29, 1.82) is 0 Å². The lowest BCUT2D eigenvalue weighted by atomic mass is 9.95. The van der Waals surface area contributed by atoms with Gasteiger partial charge in [-0.15, -0.1) is 0 Å². The van der Waals surface area contributed by atoms with Crippen LogP contribution in [-0.4, -0.2) is 34.9 Å². The van der Waals surface area contributed by atoms with E-state index >= 15 is 0 Å². The molecule has 2 aromatic carbocycles. The van der Waals surface area contributed by atoms with Crippen LogP contribution in [0.4, 0.5) is 0 Å². The number of carbonyl (C=O) groups excluding carboxylic acids is 2. The molecule has 0 unspecified atom stereocenters. The third kappa shape index (κ3) is 4.59. The lowest BCUT2D eigenvalue weighted by Crippen LogP contribution is -2.29. The van der Waals surface area contributed by atoms with E-state index < -0.39 is 17.7 Å². The Morgan fingerprint density at radius 1 is 1.06 bits per heavy atom. The molecule has 0 bridgehead atoms. The number of Topliss-reactive ketones (excluding diaryl/α,β-unsaturated/α-hetero) is 1. The number of aliphatic hydroxyl groups excluding tert-OH is 1. The van der Waals surface area contributed by atoms with E-state index in [2.05, 4.69) is 6.58 Å². The second-order valence-electron chi connectivity index (χ2n) is 7.63. The Bertz CT molecular complexity index is 1190. The van der Waals surface area contributed by atoms with Gasteiger partial charge >= 0.3 is 0 Å². The molecule has 174 valence electrons. The fraction of sp³-hybridized carbons (Fsp3) is 0.185. The van der Waals surface area contributed by atoms with Crippen LogP contribution in [0.2, 0.25) is 0 Å². The van der Waals surface area contributed by atoms with Crippen LogP contribution in [0.3, 0.4) is 0 Å². The van der Waals surface area contributed by atoms with Crippen LogP contribution in [0.1, 0.15) is 29.9 Å². The van der Waals surface area contributed by atoms with Crippen molar-refractivity contribution >= 4 is 17.4 Å². The van der Waals surface area contributed by atoms with Gasteiger partial charge < -0.3 is 23.9 Å². The van der Waals surface area contributed by atoms with Crippen molar-refractivity contribution in [3.05, 3.63) is 102 Å². The fourth-order valence-electron chi connectivity index (χ4n) is 3.89. The first kappa shape index (κ1) is 22.9. The number of likely N-dealkylation sites (tertiary alicyclic amines) is 1. The van der Waals surface area contributed by atoms with Crippen molar-refractivity contribution < 1.29 is 28.6 Å². The quantitative estimate of drug-likeness (QED) is 0.213. The smallest absolute Gasteiger partial charge is 0.296 e. The SMILES string of the molecule is C=CCOc1ccc(C(O)=C2C(=O)C(=O)N(Cc3ccco3)[C@H]2c2ccc(OCC)cc2)cc1. The Morgan fingerprint density at radius 2 is 1.74 bits per heavy atom. The molecule has 4 rings (SSSR count). The van der Waals surface area contributed by atoms with Gasteiger partial charge in [0.1, 0.15) is 29.6 Å². The van der Waals surface area contributed by atoms with Crippen LogP contribution in [0, 0.1) is 0 Å². The highest BCUT2D eigenvalue weighted by Crippen LogP contribution is 2.40. The number of aliphatic hydroxyl groups is 1. The topological polar surface area (TPSA) is 89.2 Å². The summed E-state index contributed by atoms with van der Waals surface area (Å²) in [5.41, 5.74) is 1.08. The highest BCUT2D eigenvalue weighted by atomic mass is 16.5. The molecule has 1 aliphatic heterocycles. The van der Waals surface area contributed by atoms with E-state index in [0.29, 0.717) is 41.6 Å². The predicted molar refractivity (Wildman–Crippen MR) is 126 cm³/mol. The molecule has 1 saturated heterocycles. The molecule has 1 aliphatic rings. The zero-order chi connectivity index (χ0) is 24.1. The normalized spacial score (nSPS) is 17.1. The van der Waals surface area contributed by atoms with Crippen molar-refractivity contribution in [3.63, 3.8) is 0 Å². The van der Waals surface area contributed by atoms with Crippen molar-refractivity contribution in [2.45, 2.75) is 19.5 Å². The van der Waals surface area contributed by atoms with E-state index in [1.54, 1.807) is 66.7 Å². The summed E-state index contributed by atoms with van der Waals surface area (Å²) in [6.45, 7) is 6.45. The molecular formula is C27H25NO6. The number of amides is 1. The maximum Gasteiger partial charge on any atom is 0.296 e. The van der Waals surface area contributed by atoms with E-state index in [1.165, 1.54) is 11.2 Å². The molecule has 0 aliphatic carbocycles. The van der Waals surface area contributed by atoms with Gasteiger partial charge in [0.2, 0.25) is 0 Å². The number of furan rings is 1. The first-order chi connectivity index (χ1) is 16.5. The molecular weight excluding hydrogens is 434 g/mol. The van der Waals surface area contributed by atoms with E-state index in [0.717, 1.165) is 0 Å². The number of rotatable bonds is 9. The number of hydrogen-bond acceptors (Lipinski definition) is 6. The van der Waals surface area contributed by atoms with Gasteiger partial charge in [-0.05, 0) is 61.0 Å². The Balaban J connectivity index is 1.77. The van der Waals surface area contributed by atoms with E-state index in [9.17, 15) is 14.7 Å². The third-order valence-corrected chi connectivity index (χ3v) is 5.45. The van der Waals surface area contributed by atoms with Crippen molar-refractivity contribution in [2.75, 3.05) is 13.2 Å². The number of nitrogens with zero attached hydrogens (tertiary/aromatic N) is 1.